The SMILES string of the molecule is COc1cc(Nc2ccnc3ccc(OC)cc23)cc(OCC2CCOC2)c1. The van der Waals surface area contributed by atoms with Crippen molar-refractivity contribution in [2.75, 3.05) is 39.4 Å². The van der Waals surface area contributed by atoms with Crippen molar-refractivity contribution in [3.63, 3.8) is 0 Å². The third kappa shape index (κ3) is 4.12. The molecule has 0 aliphatic carbocycles. The van der Waals surface area contributed by atoms with E-state index in [9.17, 15) is 0 Å². The van der Waals surface area contributed by atoms with Gasteiger partial charge in [0.2, 0.25) is 0 Å². The number of hydrogen-bond acceptors (Lipinski definition) is 6. The normalized spacial score (nSPS) is 16.1. The first-order valence-corrected chi connectivity index (χ1v) is 9.34. The van der Waals surface area contributed by atoms with Crippen molar-refractivity contribution < 1.29 is 18.9 Å². The maximum atomic E-state index is 6.00. The number of nitrogens with zero attached hydrogens (tertiary/aromatic N) is 1. The number of benzene rings is 2. The lowest BCUT2D eigenvalue weighted by atomic mass is 10.1. The second kappa shape index (κ2) is 8.35. The Hall–Kier alpha value is -2.99. The Kier molecular flexibility index (Phi) is 5.48. The van der Waals surface area contributed by atoms with Gasteiger partial charge in [-0.05, 0) is 30.7 Å². The Morgan fingerprint density at radius 2 is 1.89 bits per heavy atom. The number of hydrogen-bond donors (Lipinski definition) is 1. The quantitative estimate of drug-likeness (QED) is 0.655. The summed E-state index contributed by atoms with van der Waals surface area (Å²) >= 11 is 0. The van der Waals surface area contributed by atoms with Crippen LogP contribution in [0.1, 0.15) is 6.42 Å². The predicted molar refractivity (Wildman–Crippen MR) is 109 cm³/mol. The summed E-state index contributed by atoms with van der Waals surface area (Å²) in [7, 11) is 3.31. The highest BCUT2D eigenvalue weighted by molar-refractivity contribution is 5.93. The standard InChI is InChI=1S/C22H24N2O4/c1-25-17-3-4-21-20(12-17)22(5-7-23-21)24-16-9-18(26-2)11-19(10-16)28-14-15-6-8-27-13-15/h3-5,7,9-12,15H,6,8,13-14H2,1-2H3,(H,23,24). The monoisotopic (exact) mass is 380 g/mol. The van der Waals surface area contributed by atoms with Gasteiger partial charge in [0.05, 0.1) is 33.0 Å². The molecule has 1 aliphatic rings. The summed E-state index contributed by atoms with van der Waals surface area (Å²) in [6.45, 7) is 2.22. The number of anilines is 2. The number of nitrogens with one attached hydrogen (secondary N) is 1. The van der Waals surface area contributed by atoms with Crippen molar-refractivity contribution in [2.24, 2.45) is 5.92 Å². The Morgan fingerprint density at radius 1 is 1.04 bits per heavy atom. The largest absolute Gasteiger partial charge is 0.497 e. The van der Waals surface area contributed by atoms with Gasteiger partial charge in [0.25, 0.3) is 0 Å². The van der Waals surface area contributed by atoms with E-state index in [-0.39, 0.29) is 0 Å². The van der Waals surface area contributed by atoms with Crippen LogP contribution in [0.5, 0.6) is 17.2 Å². The molecule has 3 aromatic rings. The van der Waals surface area contributed by atoms with Crippen molar-refractivity contribution in [3.8, 4) is 17.2 Å². The average Bonchev–Trinajstić information content (AvgIpc) is 3.26. The first-order valence-electron chi connectivity index (χ1n) is 9.34. The highest BCUT2D eigenvalue weighted by Crippen LogP contribution is 2.32. The Balaban J connectivity index is 1.60. The highest BCUT2D eigenvalue weighted by Gasteiger charge is 2.16. The number of rotatable bonds is 7. The lowest BCUT2D eigenvalue weighted by Gasteiger charge is -2.15. The van der Waals surface area contributed by atoms with Gasteiger partial charge >= 0.3 is 0 Å². The third-order valence-electron chi connectivity index (χ3n) is 4.85. The van der Waals surface area contributed by atoms with Gasteiger partial charge in [0.1, 0.15) is 17.2 Å². The van der Waals surface area contributed by atoms with E-state index in [2.05, 4.69) is 10.3 Å². The molecule has 146 valence electrons. The summed E-state index contributed by atoms with van der Waals surface area (Å²) in [5.74, 6) is 2.74. The maximum Gasteiger partial charge on any atom is 0.125 e. The molecule has 0 amide bonds. The zero-order chi connectivity index (χ0) is 19.3. The van der Waals surface area contributed by atoms with E-state index >= 15 is 0 Å². The fourth-order valence-corrected chi connectivity index (χ4v) is 3.29. The van der Waals surface area contributed by atoms with Gasteiger partial charge in [-0.3, -0.25) is 4.98 Å². The van der Waals surface area contributed by atoms with Crippen LogP contribution in [0.3, 0.4) is 0 Å². The van der Waals surface area contributed by atoms with Gasteiger partial charge in [-0.1, -0.05) is 0 Å². The molecule has 2 heterocycles. The average molecular weight is 380 g/mol. The third-order valence-corrected chi connectivity index (χ3v) is 4.85. The zero-order valence-corrected chi connectivity index (χ0v) is 16.1. The Labute approximate surface area is 164 Å². The van der Waals surface area contributed by atoms with Gasteiger partial charge in [0.15, 0.2) is 0 Å². The van der Waals surface area contributed by atoms with Crippen molar-refractivity contribution in [3.05, 3.63) is 48.7 Å². The van der Waals surface area contributed by atoms with Gasteiger partial charge < -0.3 is 24.3 Å². The van der Waals surface area contributed by atoms with Crippen molar-refractivity contribution >= 4 is 22.3 Å². The van der Waals surface area contributed by atoms with Crippen LogP contribution in [0, 0.1) is 5.92 Å². The maximum absolute atomic E-state index is 6.00. The lowest BCUT2D eigenvalue weighted by Crippen LogP contribution is -2.11. The molecule has 1 fully saturated rings. The van der Waals surface area contributed by atoms with Gasteiger partial charge in [-0.25, -0.2) is 0 Å². The predicted octanol–water partition coefficient (Wildman–Crippen LogP) is 4.41. The molecule has 0 saturated carbocycles. The minimum atomic E-state index is 0.444. The fraction of sp³-hybridized carbons (Fsp3) is 0.318. The molecule has 6 nitrogen and oxygen atoms in total. The second-order valence-electron chi connectivity index (χ2n) is 6.80. The summed E-state index contributed by atoms with van der Waals surface area (Å²) in [6, 6.07) is 13.6. The molecule has 2 aromatic carbocycles. The van der Waals surface area contributed by atoms with Crippen LogP contribution < -0.4 is 19.5 Å². The topological polar surface area (TPSA) is 61.8 Å². The van der Waals surface area contributed by atoms with Crippen LogP contribution >= 0.6 is 0 Å². The van der Waals surface area contributed by atoms with E-state index in [0.29, 0.717) is 12.5 Å². The summed E-state index contributed by atoms with van der Waals surface area (Å²) in [4.78, 5) is 4.43. The van der Waals surface area contributed by atoms with E-state index in [1.165, 1.54) is 0 Å². The summed E-state index contributed by atoms with van der Waals surface area (Å²) in [5.41, 5.74) is 2.71. The van der Waals surface area contributed by atoms with E-state index < -0.39 is 0 Å². The van der Waals surface area contributed by atoms with Crippen molar-refractivity contribution in [1.82, 2.24) is 4.98 Å². The van der Waals surface area contributed by atoms with Gasteiger partial charge in [-0.2, -0.15) is 0 Å². The molecule has 0 spiro atoms. The number of aromatic nitrogens is 1. The van der Waals surface area contributed by atoms with Gasteiger partial charge in [0, 0.05) is 53.7 Å². The van der Waals surface area contributed by atoms with Crippen molar-refractivity contribution in [1.29, 1.82) is 0 Å². The molecule has 28 heavy (non-hydrogen) atoms. The summed E-state index contributed by atoms with van der Waals surface area (Å²) in [5, 5.41) is 4.44. The molecular weight excluding hydrogens is 356 g/mol. The first kappa shape index (κ1) is 18.4. The number of pyridine rings is 1. The number of fused-ring (bicyclic) bond motifs is 1. The van der Waals surface area contributed by atoms with Crippen LogP contribution in [0.25, 0.3) is 10.9 Å². The molecule has 0 bridgehead atoms. The lowest BCUT2D eigenvalue weighted by molar-refractivity contribution is 0.167. The molecule has 1 aliphatic heterocycles. The highest BCUT2D eigenvalue weighted by atomic mass is 16.5. The zero-order valence-electron chi connectivity index (χ0n) is 16.1. The second-order valence-corrected chi connectivity index (χ2v) is 6.80. The molecule has 6 heteroatoms. The molecule has 1 atom stereocenters. The molecule has 1 aromatic heterocycles. The van der Waals surface area contributed by atoms with Crippen LogP contribution in [0.4, 0.5) is 11.4 Å². The molecule has 1 unspecified atom stereocenters. The molecule has 1 saturated heterocycles. The molecule has 1 N–H and O–H groups in total. The van der Waals surface area contributed by atoms with Crippen LogP contribution in [-0.4, -0.2) is 39.0 Å². The van der Waals surface area contributed by atoms with Crippen LogP contribution in [0.15, 0.2) is 48.7 Å². The van der Waals surface area contributed by atoms with Gasteiger partial charge in [-0.15, -0.1) is 0 Å². The van der Waals surface area contributed by atoms with E-state index in [1.54, 1.807) is 20.4 Å². The van der Waals surface area contributed by atoms with E-state index in [4.69, 9.17) is 18.9 Å². The smallest absolute Gasteiger partial charge is 0.125 e. The van der Waals surface area contributed by atoms with E-state index in [0.717, 1.165) is 59.2 Å². The van der Waals surface area contributed by atoms with Crippen LogP contribution in [0.2, 0.25) is 0 Å². The molecule has 0 radical (unpaired) electrons. The van der Waals surface area contributed by atoms with E-state index in [1.807, 2.05) is 42.5 Å². The molecule has 4 rings (SSSR count). The van der Waals surface area contributed by atoms with Crippen molar-refractivity contribution in [2.45, 2.75) is 6.42 Å². The Bertz CT molecular complexity index is 954. The first-order chi connectivity index (χ1) is 13.7. The fourth-order valence-electron chi connectivity index (χ4n) is 3.29. The summed E-state index contributed by atoms with van der Waals surface area (Å²) < 4.78 is 22.2. The molecular formula is C22H24N2O4. The minimum Gasteiger partial charge on any atom is -0.497 e. The number of ether oxygens (including phenoxy) is 4. The number of methoxy groups -OCH3 is 2. The minimum absolute atomic E-state index is 0.444. The summed E-state index contributed by atoms with van der Waals surface area (Å²) in [6.07, 6.45) is 2.83. The van der Waals surface area contributed by atoms with Crippen LogP contribution in [-0.2, 0) is 4.74 Å². The Morgan fingerprint density at radius 3 is 2.68 bits per heavy atom.